The van der Waals surface area contributed by atoms with Crippen LogP contribution in [0.3, 0.4) is 0 Å². The molecule has 0 aliphatic heterocycles. The van der Waals surface area contributed by atoms with Crippen LogP contribution in [0, 0.1) is 12.8 Å². The molecular formula is C20H26N2O3. The second-order valence-electron chi connectivity index (χ2n) is 6.55. The van der Waals surface area contributed by atoms with Crippen LogP contribution < -0.4 is 15.4 Å². The van der Waals surface area contributed by atoms with Crippen LogP contribution in [-0.2, 0) is 0 Å². The molecule has 0 aromatic heterocycles. The first-order chi connectivity index (χ1) is 12.0. The molecule has 1 atom stereocenters. The monoisotopic (exact) mass is 342 g/mol. The van der Waals surface area contributed by atoms with Gasteiger partial charge in [0.1, 0.15) is 11.5 Å². The van der Waals surface area contributed by atoms with Gasteiger partial charge >= 0.3 is 6.03 Å². The van der Waals surface area contributed by atoms with Crippen molar-refractivity contribution in [2.75, 3.05) is 11.9 Å². The summed E-state index contributed by atoms with van der Waals surface area (Å²) in [5.74, 6) is 1.87. The molecule has 0 aliphatic carbocycles. The van der Waals surface area contributed by atoms with E-state index in [0.29, 0.717) is 17.4 Å². The number of hydrogen-bond acceptors (Lipinski definition) is 3. The molecule has 0 bridgehead atoms. The highest BCUT2D eigenvalue weighted by Gasteiger charge is 2.13. The maximum atomic E-state index is 12.0. The summed E-state index contributed by atoms with van der Waals surface area (Å²) in [4.78, 5) is 12.0. The molecule has 3 N–H and O–H groups in total. The van der Waals surface area contributed by atoms with E-state index in [1.807, 2.05) is 31.2 Å². The van der Waals surface area contributed by atoms with Crippen LogP contribution in [0.25, 0.3) is 0 Å². The number of urea groups is 1. The minimum absolute atomic E-state index is 0.0745. The van der Waals surface area contributed by atoms with Gasteiger partial charge in [-0.05, 0) is 61.2 Å². The highest BCUT2D eigenvalue weighted by atomic mass is 16.5. The van der Waals surface area contributed by atoms with Gasteiger partial charge in [0, 0.05) is 5.69 Å². The average molecular weight is 342 g/mol. The SMILES string of the molecule is Cc1cccc(Oc2ccc(NC(=O)NC(CO)CC(C)C)cc2)c1. The minimum atomic E-state index is -0.327. The number of anilines is 1. The smallest absolute Gasteiger partial charge is 0.319 e. The number of benzene rings is 2. The summed E-state index contributed by atoms with van der Waals surface area (Å²) in [5, 5.41) is 14.9. The van der Waals surface area contributed by atoms with Crippen molar-refractivity contribution in [3.8, 4) is 11.5 Å². The number of nitrogens with one attached hydrogen (secondary N) is 2. The van der Waals surface area contributed by atoms with E-state index in [1.54, 1.807) is 24.3 Å². The van der Waals surface area contributed by atoms with Gasteiger partial charge in [0.25, 0.3) is 0 Å². The van der Waals surface area contributed by atoms with E-state index in [0.717, 1.165) is 17.7 Å². The highest BCUT2D eigenvalue weighted by Crippen LogP contribution is 2.23. The molecule has 0 saturated heterocycles. The van der Waals surface area contributed by atoms with Crippen LogP contribution in [0.4, 0.5) is 10.5 Å². The molecule has 2 aromatic carbocycles. The summed E-state index contributed by atoms with van der Waals surface area (Å²) in [6.07, 6.45) is 0.729. The van der Waals surface area contributed by atoms with E-state index in [-0.39, 0.29) is 18.7 Å². The van der Waals surface area contributed by atoms with Gasteiger partial charge in [-0.15, -0.1) is 0 Å². The highest BCUT2D eigenvalue weighted by molar-refractivity contribution is 5.89. The number of aliphatic hydroxyl groups is 1. The van der Waals surface area contributed by atoms with Crippen molar-refractivity contribution in [1.29, 1.82) is 0 Å². The molecular weight excluding hydrogens is 316 g/mol. The predicted molar refractivity (Wildman–Crippen MR) is 100 cm³/mol. The maximum Gasteiger partial charge on any atom is 0.319 e. The Kier molecular flexibility index (Phi) is 6.83. The molecule has 5 nitrogen and oxygen atoms in total. The molecule has 25 heavy (non-hydrogen) atoms. The largest absolute Gasteiger partial charge is 0.457 e. The number of rotatable bonds is 7. The maximum absolute atomic E-state index is 12.0. The van der Waals surface area contributed by atoms with E-state index in [2.05, 4.69) is 24.5 Å². The zero-order valence-corrected chi connectivity index (χ0v) is 15.0. The van der Waals surface area contributed by atoms with Crippen molar-refractivity contribution in [3.63, 3.8) is 0 Å². The Morgan fingerprint density at radius 1 is 1.12 bits per heavy atom. The van der Waals surface area contributed by atoms with Crippen LogP contribution in [0.15, 0.2) is 48.5 Å². The fourth-order valence-electron chi connectivity index (χ4n) is 2.52. The van der Waals surface area contributed by atoms with Crippen molar-refractivity contribution >= 4 is 11.7 Å². The molecule has 0 heterocycles. The third-order valence-electron chi connectivity index (χ3n) is 3.65. The Hall–Kier alpha value is -2.53. The quantitative estimate of drug-likeness (QED) is 0.702. The molecule has 0 radical (unpaired) electrons. The lowest BCUT2D eigenvalue weighted by molar-refractivity contribution is 0.214. The first kappa shape index (κ1) is 18.8. The third kappa shape index (κ3) is 6.47. The molecule has 0 fully saturated rings. The lowest BCUT2D eigenvalue weighted by atomic mass is 10.0. The summed E-state index contributed by atoms with van der Waals surface area (Å²) in [7, 11) is 0. The second-order valence-corrected chi connectivity index (χ2v) is 6.55. The molecule has 0 saturated carbocycles. The van der Waals surface area contributed by atoms with E-state index < -0.39 is 0 Å². The van der Waals surface area contributed by atoms with Gasteiger partial charge in [-0.3, -0.25) is 0 Å². The number of aliphatic hydroxyl groups excluding tert-OH is 1. The lowest BCUT2D eigenvalue weighted by Crippen LogP contribution is -2.40. The van der Waals surface area contributed by atoms with Gasteiger partial charge in [-0.1, -0.05) is 26.0 Å². The van der Waals surface area contributed by atoms with Crippen molar-refractivity contribution < 1.29 is 14.6 Å². The summed E-state index contributed by atoms with van der Waals surface area (Å²) in [6, 6.07) is 14.4. The number of ether oxygens (including phenoxy) is 1. The molecule has 5 heteroatoms. The Morgan fingerprint density at radius 3 is 2.44 bits per heavy atom. The van der Waals surface area contributed by atoms with E-state index in [9.17, 15) is 9.90 Å². The number of aryl methyl sites for hydroxylation is 1. The van der Waals surface area contributed by atoms with E-state index >= 15 is 0 Å². The summed E-state index contributed by atoms with van der Waals surface area (Å²) < 4.78 is 5.78. The van der Waals surface area contributed by atoms with Crippen LogP contribution in [0.5, 0.6) is 11.5 Å². The Bertz CT molecular complexity index is 684. The zero-order valence-electron chi connectivity index (χ0n) is 15.0. The minimum Gasteiger partial charge on any atom is -0.457 e. The standard InChI is InChI=1S/C20H26N2O3/c1-14(2)11-17(13-23)22-20(24)21-16-7-9-18(10-8-16)25-19-6-4-5-15(3)12-19/h4-10,12,14,17,23H,11,13H2,1-3H3,(H2,21,22,24). The van der Waals surface area contributed by atoms with Gasteiger partial charge in [0.05, 0.1) is 12.6 Å². The first-order valence-electron chi connectivity index (χ1n) is 8.49. The van der Waals surface area contributed by atoms with Crippen LogP contribution >= 0.6 is 0 Å². The summed E-state index contributed by atoms with van der Waals surface area (Å²) in [5.41, 5.74) is 1.79. The van der Waals surface area contributed by atoms with Gasteiger partial charge < -0.3 is 20.5 Å². The Labute approximate surface area is 149 Å². The van der Waals surface area contributed by atoms with Gasteiger partial charge in [0.2, 0.25) is 0 Å². The summed E-state index contributed by atoms with van der Waals surface area (Å²) >= 11 is 0. The average Bonchev–Trinajstić information content (AvgIpc) is 2.55. The molecule has 134 valence electrons. The third-order valence-corrected chi connectivity index (χ3v) is 3.65. The van der Waals surface area contributed by atoms with Crippen LogP contribution in [0.2, 0.25) is 0 Å². The Morgan fingerprint density at radius 2 is 1.84 bits per heavy atom. The molecule has 2 aromatic rings. The fourth-order valence-corrected chi connectivity index (χ4v) is 2.52. The van der Waals surface area contributed by atoms with Crippen molar-refractivity contribution in [1.82, 2.24) is 5.32 Å². The van der Waals surface area contributed by atoms with E-state index in [4.69, 9.17) is 4.74 Å². The molecule has 0 aliphatic rings. The van der Waals surface area contributed by atoms with Crippen molar-refractivity contribution in [2.24, 2.45) is 5.92 Å². The summed E-state index contributed by atoms with van der Waals surface area (Å²) in [6.45, 7) is 6.04. The number of amides is 2. The fraction of sp³-hybridized carbons (Fsp3) is 0.350. The van der Waals surface area contributed by atoms with E-state index in [1.165, 1.54) is 0 Å². The molecule has 2 rings (SSSR count). The predicted octanol–water partition coefficient (Wildman–Crippen LogP) is 4.32. The number of carbonyl (C=O) groups excluding carboxylic acids is 1. The second kappa shape index (κ2) is 9.08. The zero-order chi connectivity index (χ0) is 18.2. The molecule has 1 unspecified atom stereocenters. The molecule has 0 spiro atoms. The topological polar surface area (TPSA) is 70.6 Å². The Balaban J connectivity index is 1.90. The number of carbonyl (C=O) groups is 1. The first-order valence-corrected chi connectivity index (χ1v) is 8.49. The normalized spacial score (nSPS) is 11.9. The van der Waals surface area contributed by atoms with Gasteiger partial charge in [-0.2, -0.15) is 0 Å². The number of hydrogen-bond donors (Lipinski definition) is 3. The van der Waals surface area contributed by atoms with Crippen molar-refractivity contribution in [3.05, 3.63) is 54.1 Å². The van der Waals surface area contributed by atoms with Gasteiger partial charge in [-0.25, -0.2) is 4.79 Å². The van der Waals surface area contributed by atoms with Gasteiger partial charge in [0.15, 0.2) is 0 Å². The van der Waals surface area contributed by atoms with Crippen LogP contribution in [-0.4, -0.2) is 23.8 Å². The van der Waals surface area contributed by atoms with Crippen molar-refractivity contribution in [2.45, 2.75) is 33.2 Å². The molecule has 2 amide bonds. The van der Waals surface area contributed by atoms with Crippen LogP contribution in [0.1, 0.15) is 25.8 Å². The lowest BCUT2D eigenvalue weighted by Gasteiger charge is -2.18.